The molecule has 0 radical (unpaired) electrons. The first-order chi connectivity index (χ1) is 13.4. The van der Waals surface area contributed by atoms with Crippen LogP contribution in [-0.4, -0.2) is 32.1 Å². The van der Waals surface area contributed by atoms with Gasteiger partial charge < -0.3 is 10.6 Å². The van der Waals surface area contributed by atoms with Crippen molar-refractivity contribution >= 4 is 17.5 Å². The third-order valence-electron chi connectivity index (χ3n) is 5.46. The van der Waals surface area contributed by atoms with E-state index >= 15 is 0 Å². The summed E-state index contributed by atoms with van der Waals surface area (Å²) in [5, 5.41) is 10.4. The van der Waals surface area contributed by atoms with Crippen LogP contribution in [0.15, 0.2) is 18.3 Å². The molecule has 0 saturated heterocycles. The van der Waals surface area contributed by atoms with Gasteiger partial charge in [-0.25, -0.2) is 0 Å². The number of amides is 2. The van der Waals surface area contributed by atoms with Crippen LogP contribution in [0.25, 0.3) is 0 Å². The van der Waals surface area contributed by atoms with E-state index in [-0.39, 0.29) is 41.4 Å². The second-order valence-corrected chi connectivity index (χ2v) is 8.67. The third kappa shape index (κ3) is 5.43. The first-order valence-electron chi connectivity index (χ1n) is 10.1. The highest BCUT2D eigenvalue weighted by Gasteiger charge is 2.25. The van der Waals surface area contributed by atoms with Gasteiger partial charge in [-0.05, 0) is 59.6 Å². The van der Waals surface area contributed by atoms with Gasteiger partial charge in [0.05, 0.1) is 12.1 Å². The number of aryl methyl sites for hydroxylation is 1. The zero-order valence-corrected chi connectivity index (χ0v) is 18.8. The Bertz CT molecular complexity index is 897. The van der Waals surface area contributed by atoms with E-state index in [0.717, 1.165) is 17.0 Å². The molecule has 0 bridgehead atoms. The van der Waals surface area contributed by atoms with Crippen LogP contribution < -0.4 is 10.6 Å². The first kappa shape index (κ1) is 22.6. The lowest BCUT2D eigenvalue weighted by molar-refractivity contribution is -0.115. The molecule has 2 heterocycles. The molecular formula is C22H33N5O2. The maximum atomic E-state index is 12.6. The Morgan fingerprint density at radius 1 is 1.17 bits per heavy atom. The zero-order valence-electron chi connectivity index (χ0n) is 18.8. The lowest BCUT2D eigenvalue weighted by Gasteiger charge is -2.30. The maximum Gasteiger partial charge on any atom is 0.270 e. The summed E-state index contributed by atoms with van der Waals surface area (Å²) >= 11 is 0. The Morgan fingerprint density at radius 3 is 2.38 bits per heavy atom. The van der Waals surface area contributed by atoms with E-state index in [9.17, 15) is 9.59 Å². The third-order valence-corrected chi connectivity index (χ3v) is 5.46. The minimum Gasteiger partial charge on any atom is -0.346 e. The van der Waals surface area contributed by atoms with Gasteiger partial charge in [0, 0.05) is 34.7 Å². The molecule has 29 heavy (non-hydrogen) atoms. The van der Waals surface area contributed by atoms with Crippen LogP contribution >= 0.6 is 0 Å². The second kappa shape index (κ2) is 8.76. The van der Waals surface area contributed by atoms with Crippen molar-refractivity contribution in [2.24, 2.45) is 5.92 Å². The molecule has 0 spiro atoms. The average molecular weight is 400 g/mol. The number of anilines is 1. The second-order valence-electron chi connectivity index (χ2n) is 8.67. The van der Waals surface area contributed by atoms with Gasteiger partial charge in [0.1, 0.15) is 5.69 Å². The number of hydrogen-bond acceptors (Lipinski definition) is 4. The fourth-order valence-electron chi connectivity index (χ4n) is 2.95. The Labute approximate surface area is 173 Å². The van der Waals surface area contributed by atoms with Gasteiger partial charge in [0.15, 0.2) is 0 Å². The van der Waals surface area contributed by atoms with Crippen molar-refractivity contribution in [2.45, 2.75) is 73.4 Å². The van der Waals surface area contributed by atoms with Crippen molar-refractivity contribution in [3.05, 3.63) is 41.0 Å². The molecule has 0 atom stereocenters. The van der Waals surface area contributed by atoms with E-state index in [2.05, 4.69) is 48.4 Å². The van der Waals surface area contributed by atoms with E-state index in [1.807, 2.05) is 32.4 Å². The molecule has 0 saturated carbocycles. The fraction of sp³-hybridized carbons (Fsp3) is 0.545. The monoisotopic (exact) mass is 399 g/mol. The predicted molar refractivity (Wildman–Crippen MR) is 115 cm³/mol. The number of hydrogen-bond donors (Lipinski definition) is 2. The smallest absolute Gasteiger partial charge is 0.270 e. The van der Waals surface area contributed by atoms with Crippen molar-refractivity contribution in [1.82, 2.24) is 20.1 Å². The van der Waals surface area contributed by atoms with Crippen molar-refractivity contribution in [1.29, 1.82) is 0 Å². The molecule has 0 unspecified atom stereocenters. The largest absolute Gasteiger partial charge is 0.346 e. The van der Waals surface area contributed by atoms with Crippen LogP contribution in [-0.2, 0) is 11.2 Å². The zero-order chi connectivity index (χ0) is 21.9. The molecule has 0 fully saturated rings. The minimum atomic E-state index is -0.357. The lowest BCUT2D eigenvalue weighted by atomic mass is 9.90. The Hall–Kier alpha value is -2.70. The SMILES string of the molecule is Cc1nn(C(C)C)c(C)c1CC(=O)Nc1ccnc(C(=O)NC(C)(C)C(C)C)c1. The molecule has 2 aromatic heterocycles. The fourth-order valence-corrected chi connectivity index (χ4v) is 2.95. The molecular weight excluding hydrogens is 366 g/mol. The number of nitrogens with one attached hydrogen (secondary N) is 2. The number of carbonyl (C=O) groups is 2. The molecule has 2 amide bonds. The number of aromatic nitrogens is 3. The molecule has 158 valence electrons. The number of carbonyl (C=O) groups excluding carboxylic acids is 2. The van der Waals surface area contributed by atoms with Crippen LogP contribution in [0.3, 0.4) is 0 Å². The summed E-state index contributed by atoms with van der Waals surface area (Å²) in [5.41, 5.74) is 3.25. The van der Waals surface area contributed by atoms with Crippen LogP contribution in [0.1, 0.15) is 75.0 Å². The molecule has 7 heteroatoms. The standard InChI is InChI=1S/C22H33N5O2/c1-13(2)22(7,8)25-21(29)19-11-17(9-10-23-19)24-20(28)12-18-15(5)26-27(14(3)4)16(18)6/h9-11,13-14H,12H2,1-8H3,(H,25,29)(H,23,24,28). The van der Waals surface area contributed by atoms with Crippen molar-refractivity contribution < 1.29 is 9.59 Å². The van der Waals surface area contributed by atoms with Gasteiger partial charge in [-0.2, -0.15) is 5.10 Å². The van der Waals surface area contributed by atoms with Gasteiger partial charge in [-0.1, -0.05) is 13.8 Å². The summed E-state index contributed by atoms with van der Waals surface area (Å²) in [6, 6.07) is 3.52. The summed E-state index contributed by atoms with van der Waals surface area (Å²) in [7, 11) is 0. The number of nitrogens with zero attached hydrogens (tertiary/aromatic N) is 3. The Morgan fingerprint density at radius 2 is 1.83 bits per heavy atom. The predicted octanol–water partition coefficient (Wildman–Crippen LogP) is 3.82. The highest BCUT2D eigenvalue weighted by molar-refractivity contribution is 5.96. The molecule has 2 N–H and O–H groups in total. The van der Waals surface area contributed by atoms with Gasteiger partial charge in [0.25, 0.3) is 5.91 Å². The van der Waals surface area contributed by atoms with Crippen molar-refractivity contribution in [3.63, 3.8) is 0 Å². The molecule has 0 aliphatic heterocycles. The average Bonchev–Trinajstić information content (AvgIpc) is 2.89. The van der Waals surface area contributed by atoms with E-state index in [1.54, 1.807) is 12.1 Å². The normalized spacial score (nSPS) is 11.8. The Kier molecular flexibility index (Phi) is 6.82. The summed E-state index contributed by atoms with van der Waals surface area (Å²) < 4.78 is 1.93. The summed E-state index contributed by atoms with van der Waals surface area (Å²) in [6.07, 6.45) is 1.76. The first-order valence-corrected chi connectivity index (χ1v) is 10.1. The molecule has 2 rings (SSSR count). The van der Waals surface area contributed by atoms with E-state index in [1.165, 1.54) is 6.20 Å². The quantitative estimate of drug-likeness (QED) is 0.741. The topological polar surface area (TPSA) is 88.9 Å². The van der Waals surface area contributed by atoms with E-state index in [4.69, 9.17) is 0 Å². The molecule has 7 nitrogen and oxygen atoms in total. The van der Waals surface area contributed by atoms with Crippen LogP contribution in [0.4, 0.5) is 5.69 Å². The van der Waals surface area contributed by atoms with Gasteiger partial charge in [-0.3, -0.25) is 19.3 Å². The van der Waals surface area contributed by atoms with Crippen LogP contribution in [0, 0.1) is 19.8 Å². The molecule has 0 aliphatic carbocycles. The molecule has 0 aromatic carbocycles. The van der Waals surface area contributed by atoms with Crippen LogP contribution in [0.5, 0.6) is 0 Å². The Balaban J connectivity index is 2.11. The summed E-state index contributed by atoms with van der Waals surface area (Å²) in [5.74, 6) is -0.142. The van der Waals surface area contributed by atoms with Gasteiger partial charge in [-0.15, -0.1) is 0 Å². The van der Waals surface area contributed by atoms with Crippen molar-refractivity contribution in [2.75, 3.05) is 5.32 Å². The summed E-state index contributed by atoms with van der Waals surface area (Å²) in [6.45, 7) is 16.1. The highest BCUT2D eigenvalue weighted by atomic mass is 16.2. The number of rotatable bonds is 7. The van der Waals surface area contributed by atoms with E-state index < -0.39 is 0 Å². The minimum absolute atomic E-state index is 0.153. The van der Waals surface area contributed by atoms with Gasteiger partial charge >= 0.3 is 0 Å². The number of pyridine rings is 1. The van der Waals surface area contributed by atoms with E-state index in [0.29, 0.717) is 5.69 Å². The van der Waals surface area contributed by atoms with Gasteiger partial charge in [0.2, 0.25) is 5.91 Å². The lowest BCUT2D eigenvalue weighted by Crippen LogP contribution is -2.47. The molecule has 2 aromatic rings. The highest BCUT2D eigenvalue weighted by Crippen LogP contribution is 2.19. The summed E-state index contributed by atoms with van der Waals surface area (Å²) in [4.78, 5) is 29.3. The van der Waals surface area contributed by atoms with Crippen LogP contribution in [0.2, 0.25) is 0 Å². The maximum absolute atomic E-state index is 12.6. The van der Waals surface area contributed by atoms with Crippen molar-refractivity contribution in [3.8, 4) is 0 Å². The molecule has 0 aliphatic rings.